The van der Waals surface area contributed by atoms with E-state index in [2.05, 4.69) is 148 Å². The number of phosphoric ester groups is 1. The van der Waals surface area contributed by atoms with Crippen LogP contribution in [0.5, 0.6) is 0 Å². The van der Waals surface area contributed by atoms with Crippen LogP contribution in [-0.4, -0.2) is 70.0 Å². The zero-order chi connectivity index (χ0) is 65.5. The molecule has 0 aliphatic rings. The lowest BCUT2D eigenvalue weighted by Gasteiger charge is -2.28. The Morgan fingerprint density at radius 3 is 0.956 bits per heavy atom. The summed E-state index contributed by atoms with van der Waals surface area (Å²) in [5, 5.41) is 0. The van der Waals surface area contributed by atoms with Crippen LogP contribution >= 0.6 is 7.82 Å². The van der Waals surface area contributed by atoms with Crippen molar-refractivity contribution in [2.24, 2.45) is 0 Å². The zero-order valence-electron chi connectivity index (χ0n) is 58.8. The van der Waals surface area contributed by atoms with Crippen LogP contribution in [0.1, 0.15) is 309 Å². The Balaban J connectivity index is 4.09. The largest absolute Gasteiger partial charge is 0.756 e. The molecule has 0 heterocycles. The van der Waals surface area contributed by atoms with Gasteiger partial charge in [0.2, 0.25) is 0 Å². The molecule has 0 saturated heterocycles. The summed E-state index contributed by atoms with van der Waals surface area (Å²) in [5.74, 6) is -0.840. The van der Waals surface area contributed by atoms with Crippen molar-refractivity contribution in [1.82, 2.24) is 0 Å². The van der Waals surface area contributed by atoms with E-state index in [0.717, 1.165) is 109 Å². The van der Waals surface area contributed by atoms with Crippen LogP contribution in [0, 0.1) is 0 Å². The SMILES string of the molecule is CC/C=C\C/C=C\C/C=C\C/C=C\C/C=C\C/C=C\C/C=C\C/C=C\C/C=C\C/C=C\CCCCCCCCCCC(=O)OC(COC(=O)CCCCCCCCCCCCCCCCC/C=C\CCCCCCCCCC)COP(=O)([O-])OCC[N+](C)(C)C. The average molecular weight is 1270 g/mol. The third kappa shape index (κ3) is 73.2. The number of carbonyl (C=O) groups excluding carboxylic acids is 2. The number of hydrogen-bond donors (Lipinski definition) is 0. The first kappa shape index (κ1) is 86.2. The summed E-state index contributed by atoms with van der Waals surface area (Å²) in [5.41, 5.74) is 0. The van der Waals surface area contributed by atoms with Crippen molar-refractivity contribution < 1.29 is 42.1 Å². The summed E-state index contributed by atoms with van der Waals surface area (Å²) in [6.45, 7) is 4.14. The van der Waals surface area contributed by atoms with E-state index in [4.69, 9.17) is 18.5 Å². The number of likely N-dealkylation sites (N-methyl/N-ethyl adjacent to an activating group) is 1. The molecule has 2 atom stereocenters. The highest BCUT2D eigenvalue weighted by Crippen LogP contribution is 2.38. The van der Waals surface area contributed by atoms with Crippen molar-refractivity contribution in [1.29, 1.82) is 0 Å². The van der Waals surface area contributed by atoms with Crippen LogP contribution in [0.15, 0.2) is 134 Å². The van der Waals surface area contributed by atoms with Gasteiger partial charge in [-0.05, 0) is 116 Å². The maximum atomic E-state index is 12.9. The minimum Gasteiger partial charge on any atom is -0.756 e. The van der Waals surface area contributed by atoms with Crippen LogP contribution in [0.4, 0.5) is 0 Å². The molecule has 90 heavy (non-hydrogen) atoms. The van der Waals surface area contributed by atoms with E-state index < -0.39 is 26.5 Å². The number of rotatable bonds is 67. The molecule has 0 aromatic rings. The van der Waals surface area contributed by atoms with Gasteiger partial charge in [0.25, 0.3) is 7.82 Å². The van der Waals surface area contributed by atoms with Gasteiger partial charge in [0, 0.05) is 12.8 Å². The standard InChI is InChI=1S/C80H138NO8P/c1-6-8-10-12-14-16-18-20-22-24-26-28-30-32-34-35-36-37-38-39-40-41-42-43-44-45-47-49-51-53-55-57-59-61-63-65-67-69-71-73-80(83)89-78(77-88-90(84,85)87-75-74-81(3,4)5)76-86-79(82)72-70-68-66-64-62-60-58-56-54-52-50-48-46-33-31-29-27-25-23-21-19-17-15-13-11-9-7-2/h8,10,14,16,20,22,25-28,32,34,36-37,39-40,42-43,45,47,51,53,78H,6-7,9,11-13,15,17-19,21,23-24,29-31,33,35,38,41,44,46,48-50,52,54-77H2,1-5H3/b10-8-,16-14-,22-20-,27-25-,28-26-,34-32-,37-36-,40-39-,43-42-,47-45-,53-51-. The number of phosphoric acid groups is 1. The zero-order valence-corrected chi connectivity index (χ0v) is 59.7. The lowest BCUT2D eigenvalue weighted by molar-refractivity contribution is -0.870. The lowest BCUT2D eigenvalue weighted by Crippen LogP contribution is -2.37. The summed E-state index contributed by atoms with van der Waals surface area (Å²) >= 11 is 0. The van der Waals surface area contributed by atoms with Gasteiger partial charge in [-0.3, -0.25) is 14.2 Å². The van der Waals surface area contributed by atoms with Crippen LogP contribution in [-0.2, 0) is 32.7 Å². The van der Waals surface area contributed by atoms with Crippen molar-refractivity contribution in [3.63, 3.8) is 0 Å². The van der Waals surface area contributed by atoms with Gasteiger partial charge in [0.05, 0.1) is 27.7 Å². The highest BCUT2D eigenvalue weighted by molar-refractivity contribution is 7.45. The molecule has 0 aromatic heterocycles. The second-order valence-electron chi connectivity index (χ2n) is 25.6. The van der Waals surface area contributed by atoms with Crippen LogP contribution in [0.2, 0.25) is 0 Å². The van der Waals surface area contributed by atoms with Crippen LogP contribution in [0.25, 0.3) is 0 Å². The van der Waals surface area contributed by atoms with E-state index in [9.17, 15) is 19.0 Å². The second-order valence-corrected chi connectivity index (χ2v) is 27.0. The third-order valence-corrected chi connectivity index (χ3v) is 16.6. The Bertz CT molecular complexity index is 1980. The maximum Gasteiger partial charge on any atom is 0.306 e. The minimum atomic E-state index is -4.65. The highest BCUT2D eigenvalue weighted by Gasteiger charge is 2.22. The van der Waals surface area contributed by atoms with E-state index >= 15 is 0 Å². The molecule has 0 aromatic carbocycles. The van der Waals surface area contributed by atoms with Gasteiger partial charge in [-0.1, -0.05) is 314 Å². The summed E-state index contributed by atoms with van der Waals surface area (Å²) in [6, 6.07) is 0. The van der Waals surface area contributed by atoms with Gasteiger partial charge >= 0.3 is 11.9 Å². The normalized spacial score (nSPS) is 13.9. The van der Waals surface area contributed by atoms with Crippen molar-refractivity contribution >= 4 is 19.8 Å². The van der Waals surface area contributed by atoms with Crippen molar-refractivity contribution in [2.75, 3.05) is 47.5 Å². The number of nitrogens with zero attached hydrogens (tertiary/aromatic N) is 1. The van der Waals surface area contributed by atoms with Crippen molar-refractivity contribution in [3.05, 3.63) is 134 Å². The van der Waals surface area contributed by atoms with Crippen LogP contribution in [0.3, 0.4) is 0 Å². The Kier molecular flexibility index (Phi) is 66.5. The van der Waals surface area contributed by atoms with Crippen molar-refractivity contribution in [2.45, 2.75) is 315 Å². The Hall–Kier alpha value is -3.85. The van der Waals surface area contributed by atoms with E-state index in [1.54, 1.807) is 0 Å². The maximum absolute atomic E-state index is 12.9. The van der Waals surface area contributed by atoms with E-state index in [-0.39, 0.29) is 32.0 Å². The number of unbranched alkanes of at least 4 members (excludes halogenated alkanes) is 31. The molecule has 516 valence electrons. The summed E-state index contributed by atoms with van der Waals surface area (Å²) in [7, 11) is 1.15. The number of esters is 2. The summed E-state index contributed by atoms with van der Waals surface area (Å²) < 4.78 is 34.3. The monoisotopic (exact) mass is 1270 g/mol. The van der Waals surface area contributed by atoms with Gasteiger partial charge in [-0.15, -0.1) is 0 Å². The van der Waals surface area contributed by atoms with Crippen molar-refractivity contribution in [3.8, 4) is 0 Å². The topological polar surface area (TPSA) is 111 Å². The van der Waals surface area contributed by atoms with E-state index in [0.29, 0.717) is 17.4 Å². The molecule has 0 rings (SSSR count). The molecule has 0 N–H and O–H groups in total. The Morgan fingerprint density at radius 2 is 0.633 bits per heavy atom. The number of hydrogen-bond acceptors (Lipinski definition) is 8. The molecule has 0 radical (unpaired) electrons. The smallest absolute Gasteiger partial charge is 0.306 e. The first-order chi connectivity index (χ1) is 44.0. The molecular weight excluding hydrogens is 1130 g/mol. The molecule has 10 heteroatoms. The number of ether oxygens (including phenoxy) is 2. The predicted molar refractivity (Wildman–Crippen MR) is 388 cm³/mol. The number of allylic oxidation sites excluding steroid dienone is 22. The first-order valence-electron chi connectivity index (χ1n) is 36.9. The second kappa shape index (κ2) is 69.5. The predicted octanol–water partition coefficient (Wildman–Crippen LogP) is 23.8. The number of quaternary nitrogens is 1. The fourth-order valence-electron chi connectivity index (χ4n) is 10.0. The van der Waals surface area contributed by atoms with Gasteiger partial charge in [0.1, 0.15) is 19.8 Å². The van der Waals surface area contributed by atoms with E-state index in [1.165, 1.54) is 167 Å². The Labute approximate surface area is 555 Å². The molecular formula is C80H138NO8P. The molecule has 0 saturated carbocycles. The molecule has 0 bridgehead atoms. The van der Waals surface area contributed by atoms with Gasteiger partial charge in [0.15, 0.2) is 6.10 Å². The number of carbonyl (C=O) groups is 2. The molecule has 2 unspecified atom stereocenters. The molecule has 0 fully saturated rings. The fraction of sp³-hybridized carbons (Fsp3) is 0.700. The van der Waals surface area contributed by atoms with E-state index in [1.807, 2.05) is 21.1 Å². The molecule has 0 aliphatic heterocycles. The molecule has 9 nitrogen and oxygen atoms in total. The summed E-state index contributed by atoms with van der Waals surface area (Å²) in [4.78, 5) is 38.1. The highest BCUT2D eigenvalue weighted by atomic mass is 31.2. The Morgan fingerprint density at radius 1 is 0.356 bits per heavy atom. The van der Waals surface area contributed by atoms with Gasteiger partial charge in [-0.2, -0.15) is 0 Å². The molecule has 0 spiro atoms. The minimum absolute atomic E-state index is 0.0375. The lowest BCUT2D eigenvalue weighted by atomic mass is 10.0. The van der Waals surface area contributed by atoms with Gasteiger partial charge in [-0.25, -0.2) is 0 Å². The fourth-order valence-corrected chi connectivity index (χ4v) is 10.8. The first-order valence-corrected chi connectivity index (χ1v) is 38.4. The third-order valence-electron chi connectivity index (χ3n) is 15.7. The molecule has 0 aliphatic carbocycles. The van der Waals surface area contributed by atoms with Gasteiger partial charge < -0.3 is 27.9 Å². The molecule has 0 amide bonds. The van der Waals surface area contributed by atoms with Crippen LogP contribution < -0.4 is 4.89 Å². The quantitative estimate of drug-likeness (QED) is 0.0195. The summed E-state index contributed by atoms with van der Waals surface area (Å²) in [6.07, 6.45) is 101. The average Bonchev–Trinajstić information content (AvgIpc) is 3.58.